The summed E-state index contributed by atoms with van der Waals surface area (Å²) in [6.07, 6.45) is 0. The molecule has 20 heavy (non-hydrogen) atoms. The summed E-state index contributed by atoms with van der Waals surface area (Å²) in [4.78, 5) is -1.24. The average molecular weight is 345 g/mol. The van der Waals surface area contributed by atoms with Gasteiger partial charge in [0.05, 0.1) is 16.3 Å². The number of nitrogen functional groups attached to an aromatic ring is 1. The molecule has 9 nitrogen and oxygen atoms in total. The number of benzene rings is 1. The van der Waals surface area contributed by atoms with Crippen LogP contribution in [0.5, 0.6) is 0 Å². The van der Waals surface area contributed by atoms with Crippen LogP contribution in [0.2, 0.25) is 0 Å². The number of hydrogen-bond acceptors (Lipinski definition) is 8. The Bertz CT molecular complexity index is 822. The third-order valence-electron chi connectivity index (χ3n) is 2.17. The summed E-state index contributed by atoms with van der Waals surface area (Å²) in [5.41, 5.74) is 4.92. The SMILES string of the molecule is CCS(=O)(=O)c1ccc(N)c(S(=O)(=O)OS(=O)(=O)O)c1. The molecule has 3 N–H and O–H groups in total. The summed E-state index contributed by atoms with van der Waals surface area (Å²) in [5, 5.41) is 0. The molecule has 1 aromatic rings. The van der Waals surface area contributed by atoms with Gasteiger partial charge in [0, 0.05) is 0 Å². The van der Waals surface area contributed by atoms with Gasteiger partial charge in [0.25, 0.3) is 0 Å². The molecular weight excluding hydrogens is 334 g/mol. The van der Waals surface area contributed by atoms with E-state index >= 15 is 0 Å². The van der Waals surface area contributed by atoms with E-state index in [9.17, 15) is 25.3 Å². The van der Waals surface area contributed by atoms with Crippen LogP contribution in [-0.4, -0.2) is 35.6 Å². The van der Waals surface area contributed by atoms with E-state index in [0.29, 0.717) is 6.07 Å². The van der Waals surface area contributed by atoms with Crippen molar-refractivity contribution in [3.05, 3.63) is 18.2 Å². The van der Waals surface area contributed by atoms with Gasteiger partial charge in [0.2, 0.25) is 0 Å². The standard InChI is InChI=1S/C8H11NO8S3/c1-2-18(10,11)6-3-4-7(9)8(5-6)19(12,13)17-20(14,15)16/h3-5H,2,9H2,1H3,(H,14,15,16). The molecule has 0 heterocycles. The number of nitrogens with two attached hydrogens (primary N) is 1. The average Bonchev–Trinajstić information content (AvgIpc) is 2.25. The van der Waals surface area contributed by atoms with Crippen molar-refractivity contribution in [2.75, 3.05) is 11.5 Å². The van der Waals surface area contributed by atoms with Crippen molar-refractivity contribution in [3.8, 4) is 0 Å². The minimum absolute atomic E-state index is 0.296. The molecule has 114 valence electrons. The monoisotopic (exact) mass is 345 g/mol. The summed E-state index contributed by atoms with van der Waals surface area (Å²) >= 11 is 0. The Hall–Kier alpha value is -1.21. The molecule has 0 unspecified atom stereocenters. The highest BCUT2D eigenvalue weighted by Gasteiger charge is 2.27. The van der Waals surface area contributed by atoms with Crippen LogP contribution in [0, 0.1) is 0 Å². The first kappa shape index (κ1) is 16.8. The second-order valence-electron chi connectivity index (χ2n) is 3.55. The first-order valence-corrected chi connectivity index (χ1v) is 9.37. The topological polar surface area (TPSA) is 158 Å². The first-order chi connectivity index (χ1) is 8.89. The molecule has 0 saturated heterocycles. The van der Waals surface area contributed by atoms with Crippen molar-refractivity contribution in [1.29, 1.82) is 0 Å². The van der Waals surface area contributed by atoms with Gasteiger partial charge in [-0.2, -0.15) is 16.8 Å². The highest BCUT2D eigenvalue weighted by molar-refractivity contribution is 7.97. The van der Waals surface area contributed by atoms with Crippen LogP contribution in [0.3, 0.4) is 0 Å². The van der Waals surface area contributed by atoms with Gasteiger partial charge in [0.1, 0.15) is 4.90 Å². The van der Waals surface area contributed by atoms with Crippen molar-refractivity contribution in [3.63, 3.8) is 0 Å². The smallest absolute Gasteiger partial charge is 0.398 e. The summed E-state index contributed by atoms with van der Waals surface area (Å²) in [7, 11) is -14.0. The van der Waals surface area contributed by atoms with E-state index in [2.05, 4.69) is 3.63 Å². The second kappa shape index (κ2) is 5.29. The molecule has 1 aromatic carbocycles. The van der Waals surface area contributed by atoms with Crippen molar-refractivity contribution in [2.24, 2.45) is 0 Å². The van der Waals surface area contributed by atoms with Crippen LogP contribution in [0.15, 0.2) is 28.0 Å². The van der Waals surface area contributed by atoms with Crippen LogP contribution < -0.4 is 5.73 Å². The van der Waals surface area contributed by atoms with E-state index in [0.717, 1.165) is 12.1 Å². The summed E-state index contributed by atoms with van der Waals surface area (Å²) in [6.45, 7) is 1.34. The first-order valence-electron chi connectivity index (χ1n) is 4.95. The molecule has 0 spiro atoms. The molecule has 12 heteroatoms. The van der Waals surface area contributed by atoms with E-state index in [1.54, 1.807) is 0 Å². The van der Waals surface area contributed by atoms with E-state index < -0.39 is 40.9 Å². The molecule has 0 aliphatic heterocycles. The number of sulfone groups is 1. The molecule has 0 radical (unpaired) electrons. The fraction of sp³-hybridized carbons (Fsp3) is 0.250. The zero-order valence-corrected chi connectivity index (χ0v) is 12.5. The Morgan fingerprint density at radius 2 is 1.70 bits per heavy atom. The molecule has 0 bridgehead atoms. The lowest BCUT2D eigenvalue weighted by Crippen LogP contribution is -2.15. The summed E-state index contributed by atoms with van der Waals surface area (Å²) < 4.78 is 79.3. The maximum Gasteiger partial charge on any atom is 0.412 e. The minimum Gasteiger partial charge on any atom is -0.398 e. The lowest BCUT2D eigenvalue weighted by Gasteiger charge is -2.08. The van der Waals surface area contributed by atoms with Crippen LogP contribution in [-0.2, 0) is 34.0 Å². The molecule has 0 atom stereocenters. The minimum atomic E-state index is -5.29. The predicted octanol–water partition coefficient (Wildman–Crippen LogP) is -0.429. The highest BCUT2D eigenvalue weighted by atomic mass is 32.3. The zero-order valence-electron chi connectivity index (χ0n) is 10.0. The maximum atomic E-state index is 11.6. The quantitative estimate of drug-likeness (QED) is 0.533. The maximum absolute atomic E-state index is 11.6. The zero-order chi connectivity index (χ0) is 15.8. The van der Waals surface area contributed by atoms with E-state index in [-0.39, 0.29) is 10.6 Å². The van der Waals surface area contributed by atoms with Gasteiger partial charge in [-0.25, -0.2) is 8.42 Å². The Labute approximate surface area is 116 Å². The van der Waals surface area contributed by atoms with E-state index in [1.807, 2.05) is 0 Å². The number of hydrogen-bond donors (Lipinski definition) is 2. The van der Waals surface area contributed by atoms with Gasteiger partial charge >= 0.3 is 20.5 Å². The fourth-order valence-corrected chi connectivity index (χ4v) is 4.05. The van der Waals surface area contributed by atoms with Gasteiger partial charge in [-0.3, -0.25) is 4.55 Å². The highest BCUT2D eigenvalue weighted by Crippen LogP contribution is 2.25. The number of rotatable bonds is 5. The third-order valence-corrected chi connectivity index (χ3v) is 6.20. The fourth-order valence-electron chi connectivity index (χ4n) is 1.24. The molecule has 0 aliphatic rings. The molecule has 0 fully saturated rings. The molecule has 0 aromatic heterocycles. The van der Waals surface area contributed by atoms with E-state index in [1.165, 1.54) is 6.92 Å². The molecule has 0 saturated carbocycles. The third kappa shape index (κ3) is 3.89. The van der Waals surface area contributed by atoms with Crippen LogP contribution >= 0.6 is 0 Å². The normalized spacial score (nSPS) is 13.3. The van der Waals surface area contributed by atoms with Crippen LogP contribution in [0.1, 0.15) is 6.92 Å². The Morgan fingerprint density at radius 3 is 2.15 bits per heavy atom. The van der Waals surface area contributed by atoms with Gasteiger partial charge in [0.15, 0.2) is 9.84 Å². The molecular formula is C8H11NO8S3. The van der Waals surface area contributed by atoms with Crippen molar-refractivity contribution in [2.45, 2.75) is 16.7 Å². The lowest BCUT2D eigenvalue weighted by atomic mass is 10.3. The van der Waals surface area contributed by atoms with Crippen molar-refractivity contribution >= 4 is 36.0 Å². The van der Waals surface area contributed by atoms with Crippen LogP contribution in [0.4, 0.5) is 5.69 Å². The predicted molar refractivity (Wildman–Crippen MR) is 68.4 cm³/mol. The van der Waals surface area contributed by atoms with Gasteiger partial charge in [-0.1, -0.05) is 6.92 Å². The van der Waals surface area contributed by atoms with Gasteiger partial charge in [-0.05, 0) is 18.2 Å². The number of anilines is 1. The lowest BCUT2D eigenvalue weighted by molar-refractivity contribution is 0.383. The largest absolute Gasteiger partial charge is 0.412 e. The van der Waals surface area contributed by atoms with E-state index in [4.69, 9.17) is 10.3 Å². The Morgan fingerprint density at radius 1 is 1.15 bits per heavy atom. The Kier molecular flexibility index (Phi) is 4.46. The van der Waals surface area contributed by atoms with Crippen molar-refractivity contribution in [1.82, 2.24) is 0 Å². The molecule has 0 amide bonds. The van der Waals surface area contributed by atoms with Crippen LogP contribution in [0.25, 0.3) is 0 Å². The van der Waals surface area contributed by atoms with Crippen molar-refractivity contribution < 1.29 is 33.4 Å². The Balaban J connectivity index is 3.51. The molecule has 1 rings (SSSR count). The summed E-state index contributed by atoms with van der Waals surface area (Å²) in [6, 6.07) is 2.71. The van der Waals surface area contributed by atoms with Gasteiger partial charge < -0.3 is 5.73 Å². The summed E-state index contributed by atoms with van der Waals surface area (Å²) in [5.74, 6) is -0.296. The second-order valence-corrected chi connectivity index (χ2v) is 8.58. The molecule has 0 aliphatic carbocycles. The van der Waals surface area contributed by atoms with Gasteiger partial charge in [-0.15, -0.1) is 3.63 Å².